The first-order valence-corrected chi connectivity index (χ1v) is 12.9. The van der Waals surface area contributed by atoms with Gasteiger partial charge in [0.15, 0.2) is 0 Å². The Kier molecular flexibility index (Phi) is 8.54. The Labute approximate surface area is 213 Å². The minimum atomic E-state index is -0.636. The van der Waals surface area contributed by atoms with Crippen LogP contribution in [0, 0.1) is 0 Å². The summed E-state index contributed by atoms with van der Waals surface area (Å²) in [6.07, 6.45) is 6.26. The molecule has 2 aliphatic heterocycles. The highest BCUT2D eigenvalue weighted by molar-refractivity contribution is 6.00. The van der Waals surface area contributed by atoms with E-state index in [2.05, 4.69) is 16.0 Å². The van der Waals surface area contributed by atoms with E-state index in [1.807, 2.05) is 73.7 Å². The highest BCUT2D eigenvalue weighted by atomic mass is 16.2. The van der Waals surface area contributed by atoms with Crippen molar-refractivity contribution >= 4 is 17.7 Å². The zero-order valence-electron chi connectivity index (χ0n) is 21.1. The maximum atomic E-state index is 13.6. The van der Waals surface area contributed by atoms with Gasteiger partial charge in [0.05, 0.1) is 12.1 Å². The van der Waals surface area contributed by atoms with Crippen LogP contribution in [0.5, 0.6) is 0 Å². The molecule has 0 aliphatic carbocycles. The van der Waals surface area contributed by atoms with Gasteiger partial charge >= 0.3 is 0 Å². The number of hydrogen-bond donors (Lipinski definition) is 3. The Morgan fingerprint density at radius 2 is 1.64 bits per heavy atom. The third-order valence-electron chi connectivity index (χ3n) is 7.11. The molecule has 7 nitrogen and oxygen atoms in total. The fourth-order valence-corrected chi connectivity index (χ4v) is 5.20. The second-order valence-corrected chi connectivity index (χ2v) is 9.54. The Balaban J connectivity index is 1.53. The molecule has 3 atom stereocenters. The molecular weight excluding hydrogens is 452 g/mol. The van der Waals surface area contributed by atoms with Gasteiger partial charge in [-0.25, -0.2) is 0 Å². The fourth-order valence-electron chi connectivity index (χ4n) is 5.20. The van der Waals surface area contributed by atoms with Crippen LogP contribution < -0.4 is 16.0 Å². The number of carbonyl (C=O) groups is 3. The van der Waals surface area contributed by atoms with Crippen molar-refractivity contribution in [2.75, 3.05) is 7.05 Å². The van der Waals surface area contributed by atoms with Crippen LogP contribution in [0.25, 0.3) is 0 Å². The summed E-state index contributed by atoms with van der Waals surface area (Å²) in [6, 6.07) is 18.3. The first kappa shape index (κ1) is 25.6. The molecule has 2 heterocycles. The van der Waals surface area contributed by atoms with Gasteiger partial charge in [0.2, 0.25) is 11.8 Å². The van der Waals surface area contributed by atoms with Gasteiger partial charge in [-0.2, -0.15) is 0 Å². The van der Waals surface area contributed by atoms with E-state index in [0.29, 0.717) is 25.0 Å². The first-order chi connectivity index (χ1) is 17.5. The van der Waals surface area contributed by atoms with E-state index >= 15 is 0 Å². The number of amides is 3. The summed E-state index contributed by atoms with van der Waals surface area (Å²) in [5.41, 5.74) is 2.31. The van der Waals surface area contributed by atoms with Gasteiger partial charge in [-0.05, 0) is 50.3 Å². The van der Waals surface area contributed by atoms with E-state index in [1.165, 1.54) is 0 Å². The van der Waals surface area contributed by atoms with E-state index < -0.39 is 6.04 Å². The molecule has 2 unspecified atom stereocenters. The lowest BCUT2D eigenvalue weighted by Crippen LogP contribution is -2.53. The topological polar surface area (TPSA) is 90.5 Å². The van der Waals surface area contributed by atoms with Gasteiger partial charge in [0, 0.05) is 6.04 Å². The molecule has 0 aromatic heterocycles. The summed E-state index contributed by atoms with van der Waals surface area (Å²) in [7, 11) is 1.76. The number of hydrogen-bond acceptors (Lipinski definition) is 4. The van der Waals surface area contributed by atoms with Gasteiger partial charge in [-0.15, -0.1) is 0 Å². The molecule has 2 aromatic carbocycles. The average molecular weight is 489 g/mol. The van der Waals surface area contributed by atoms with Crippen LogP contribution in [-0.4, -0.2) is 47.8 Å². The third-order valence-corrected chi connectivity index (χ3v) is 7.11. The molecule has 7 heteroatoms. The van der Waals surface area contributed by atoms with Crippen molar-refractivity contribution in [2.45, 2.75) is 69.6 Å². The number of rotatable bonds is 9. The molecule has 2 aliphatic rings. The van der Waals surface area contributed by atoms with Gasteiger partial charge in [0.1, 0.15) is 11.7 Å². The zero-order valence-corrected chi connectivity index (χ0v) is 21.1. The summed E-state index contributed by atoms with van der Waals surface area (Å²) in [5, 5.41) is 9.16. The molecule has 4 rings (SSSR count). The lowest BCUT2D eigenvalue weighted by molar-refractivity contribution is -0.137. The summed E-state index contributed by atoms with van der Waals surface area (Å²) in [4.78, 5) is 41.7. The van der Waals surface area contributed by atoms with Gasteiger partial charge in [-0.3, -0.25) is 14.4 Å². The molecule has 190 valence electrons. The molecule has 0 bridgehead atoms. The highest BCUT2D eigenvalue weighted by Gasteiger charge is 2.41. The summed E-state index contributed by atoms with van der Waals surface area (Å²) < 4.78 is 0. The van der Waals surface area contributed by atoms with Gasteiger partial charge in [0.25, 0.3) is 5.91 Å². The number of fused-ring (bicyclic) bond motifs is 1. The molecule has 0 saturated carbocycles. The zero-order chi connectivity index (χ0) is 25.5. The summed E-state index contributed by atoms with van der Waals surface area (Å²) >= 11 is 0. The molecular formula is C29H36N4O3. The van der Waals surface area contributed by atoms with E-state index in [9.17, 15) is 14.4 Å². The summed E-state index contributed by atoms with van der Waals surface area (Å²) in [5.74, 6) is -0.653. The van der Waals surface area contributed by atoms with E-state index in [4.69, 9.17) is 0 Å². The third kappa shape index (κ3) is 5.68. The van der Waals surface area contributed by atoms with Crippen molar-refractivity contribution in [3.8, 4) is 0 Å². The van der Waals surface area contributed by atoms with Crippen LogP contribution in [-0.2, 0) is 14.4 Å². The van der Waals surface area contributed by atoms with Crippen molar-refractivity contribution < 1.29 is 14.4 Å². The monoisotopic (exact) mass is 488 g/mol. The number of nitrogens with zero attached hydrogens (tertiary/aromatic N) is 1. The van der Waals surface area contributed by atoms with Crippen molar-refractivity contribution in [1.29, 1.82) is 0 Å². The van der Waals surface area contributed by atoms with Crippen LogP contribution in [0.4, 0.5) is 0 Å². The van der Waals surface area contributed by atoms with Gasteiger partial charge < -0.3 is 20.9 Å². The maximum absolute atomic E-state index is 13.6. The van der Waals surface area contributed by atoms with E-state index in [-0.39, 0.29) is 35.8 Å². The number of carbonyl (C=O) groups excluding carboxylic acids is 3. The second-order valence-electron chi connectivity index (χ2n) is 9.54. The highest BCUT2D eigenvalue weighted by Crippen LogP contribution is 2.32. The Bertz CT molecular complexity index is 1050. The van der Waals surface area contributed by atoms with Crippen molar-refractivity contribution in [3.63, 3.8) is 0 Å². The van der Waals surface area contributed by atoms with Crippen molar-refractivity contribution in [2.24, 2.45) is 0 Å². The molecule has 3 N–H and O–H groups in total. The number of nitrogens with one attached hydrogen (secondary N) is 3. The molecule has 36 heavy (non-hydrogen) atoms. The number of benzene rings is 2. The quantitative estimate of drug-likeness (QED) is 0.504. The fraction of sp³-hybridized carbons (Fsp3) is 0.414. The minimum absolute atomic E-state index is 0.0530. The number of likely N-dealkylation sites (N-methyl/N-ethyl adjacent to an activating group) is 1. The Morgan fingerprint density at radius 3 is 2.22 bits per heavy atom. The second kappa shape index (κ2) is 12.0. The van der Waals surface area contributed by atoms with Crippen LogP contribution in [0.1, 0.15) is 62.6 Å². The van der Waals surface area contributed by atoms with Crippen molar-refractivity contribution in [1.82, 2.24) is 20.9 Å². The molecule has 3 amide bonds. The van der Waals surface area contributed by atoms with E-state index in [1.54, 1.807) is 11.9 Å². The van der Waals surface area contributed by atoms with Crippen LogP contribution in [0.15, 0.2) is 72.4 Å². The molecule has 0 radical (unpaired) electrons. The lowest BCUT2D eigenvalue weighted by Gasteiger charge is -2.30. The summed E-state index contributed by atoms with van der Waals surface area (Å²) in [6.45, 7) is 2.02. The predicted octanol–water partition coefficient (Wildman–Crippen LogP) is 3.43. The molecule has 0 spiro atoms. The Hall–Kier alpha value is -3.45. The Morgan fingerprint density at radius 1 is 1.00 bits per heavy atom. The smallest absolute Gasteiger partial charge is 0.268 e. The largest absolute Gasteiger partial charge is 0.343 e. The predicted molar refractivity (Wildman–Crippen MR) is 140 cm³/mol. The van der Waals surface area contributed by atoms with Crippen LogP contribution in [0.2, 0.25) is 0 Å². The maximum Gasteiger partial charge on any atom is 0.268 e. The molecule has 2 aromatic rings. The SMILES string of the molecule is CCCC(NC)C(=O)N[C@H]1CCCC2CC=C(C(=O)NC(c3ccccc3)c3ccccc3)N2C1=O. The first-order valence-electron chi connectivity index (χ1n) is 12.9. The lowest BCUT2D eigenvalue weighted by atomic mass is 9.98. The van der Waals surface area contributed by atoms with E-state index in [0.717, 1.165) is 30.4 Å². The van der Waals surface area contributed by atoms with Crippen LogP contribution in [0.3, 0.4) is 0 Å². The normalized spacial score (nSPS) is 20.4. The van der Waals surface area contributed by atoms with Crippen molar-refractivity contribution in [3.05, 3.63) is 83.6 Å². The minimum Gasteiger partial charge on any atom is -0.343 e. The molecule has 1 fully saturated rings. The average Bonchev–Trinajstić information content (AvgIpc) is 3.27. The van der Waals surface area contributed by atoms with Gasteiger partial charge in [-0.1, -0.05) is 80.1 Å². The van der Waals surface area contributed by atoms with Crippen LogP contribution >= 0.6 is 0 Å². The molecule has 1 saturated heterocycles. The standard InChI is InChI=1S/C29H36N4O3/c1-3-11-23(30-2)27(34)31-24-17-10-16-22-18-19-25(33(22)29(24)36)28(35)32-26(20-12-6-4-7-13-20)21-14-8-5-9-15-21/h4-9,12-15,19,22-24,26,30H,3,10-11,16-18H2,1-2H3,(H,31,34)(H,32,35)/t22?,23?,24-/m0/s1.